The average molecular weight is 464 g/mol. The number of thioether (sulfide) groups is 1. The van der Waals surface area contributed by atoms with Crippen LogP contribution in [0.2, 0.25) is 0 Å². The van der Waals surface area contributed by atoms with Gasteiger partial charge in [0.1, 0.15) is 0 Å². The van der Waals surface area contributed by atoms with Crippen LogP contribution in [0.5, 0.6) is 11.5 Å². The molecule has 0 spiro atoms. The molecule has 2 aromatic heterocycles. The summed E-state index contributed by atoms with van der Waals surface area (Å²) in [6.45, 7) is 3.76. The molecule has 0 bridgehead atoms. The second kappa shape index (κ2) is 10.9. The van der Waals surface area contributed by atoms with Gasteiger partial charge in [0.15, 0.2) is 16.7 Å². The SMILES string of the molecule is CCOc1cc(NC(=O)CSc2nccc(-c3cnn(CC)c3C)n2)ccc1OC(F)F. The van der Waals surface area contributed by atoms with E-state index < -0.39 is 6.61 Å². The van der Waals surface area contributed by atoms with Gasteiger partial charge in [0, 0.05) is 35.8 Å². The van der Waals surface area contributed by atoms with Crippen molar-refractivity contribution in [1.29, 1.82) is 0 Å². The van der Waals surface area contributed by atoms with E-state index in [-0.39, 0.29) is 29.8 Å². The number of hydrogen-bond donors (Lipinski definition) is 1. The van der Waals surface area contributed by atoms with Crippen LogP contribution < -0.4 is 14.8 Å². The highest BCUT2D eigenvalue weighted by molar-refractivity contribution is 7.99. The monoisotopic (exact) mass is 463 g/mol. The van der Waals surface area contributed by atoms with Gasteiger partial charge < -0.3 is 14.8 Å². The first-order chi connectivity index (χ1) is 15.4. The van der Waals surface area contributed by atoms with E-state index in [9.17, 15) is 13.6 Å². The van der Waals surface area contributed by atoms with Gasteiger partial charge in [-0.05, 0) is 39.0 Å². The molecule has 0 atom stereocenters. The number of alkyl halides is 2. The van der Waals surface area contributed by atoms with E-state index >= 15 is 0 Å². The lowest BCUT2D eigenvalue weighted by Crippen LogP contribution is -2.14. The topological polar surface area (TPSA) is 91.2 Å². The third kappa shape index (κ3) is 5.94. The highest BCUT2D eigenvalue weighted by atomic mass is 32.2. The third-order valence-electron chi connectivity index (χ3n) is 4.39. The third-order valence-corrected chi connectivity index (χ3v) is 5.25. The lowest BCUT2D eigenvalue weighted by molar-refractivity contribution is -0.113. The van der Waals surface area contributed by atoms with Gasteiger partial charge in [-0.25, -0.2) is 9.97 Å². The van der Waals surface area contributed by atoms with Gasteiger partial charge in [-0.1, -0.05) is 11.8 Å². The van der Waals surface area contributed by atoms with Crippen LogP contribution in [0.15, 0.2) is 41.8 Å². The van der Waals surface area contributed by atoms with Gasteiger partial charge in [-0.2, -0.15) is 13.9 Å². The number of amides is 1. The van der Waals surface area contributed by atoms with Gasteiger partial charge >= 0.3 is 6.61 Å². The summed E-state index contributed by atoms with van der Waals surface area (Å²) in [6, 6.07) is 6.03. The first kappa shape index (κ1) is 23.5. The second-order valence-electron chi connectivity index (χ2n) is 6.49. The van der Waals surface area contributed by atoms with Crippen molar-refractivity contribution in [3.8, 4) is 22.8 Å². The van der Waals surface area contributed by atoms with Crippen LogP contribution in [0.3, 0.4) is 0 Å². The van der Waals surface area contributed by atoms with Crippen LogP contribution in [-0.2, 0) is 11.3 Å². The number of ether oxygens (including phenoxy) is 2. The number of benzene rings is 1. The minimum Gasteiger partial charge on any atom is -0.490 e. The van der Waals surface area contributed by atoms with E-state index in [1.54, 1.807) is 25.4 Å². The molecule has 170 valence electrons. The molecule has 11 heteroatoms. The predicted octanol–water partition coefficient (Wildman–Crippen LogP) is 4.40. The Labute approximate surface area is 188 Å². The first-order valence-corrected chi connectivity index (χ1v) is 10.9. The molecule has 3 rings (SSSR count). The maximum absolute atomic E-state index is 12.5. The fourth-order valence-corrected chi connectivity index (χ4v) is 3.58. The van der Waals surface area contributed by atoms with Gasteiger partial charge in [0.2, 0.25) is 5.91 Å². The summed E-state index contributed by atoms with van der Waals surface area (Å²) < 4.78 is 36.7. The zero-order chi connectivity index (χ0) is 23.1. The molecule has 0 saturated carbocycles. The van der Waals surface area contributed by atoms with E-state index in [4.69, 9.17) is 4.74 Å². The quantitative estimate of drug-likeness (QED) is 0.352. The first-order valence-electron chi connectivity index (χ1n) is 9.91. The van der Waals surface area contributed by atoms with Gasteiger partial charge in [0.25, 0.3) is 0 Å². The van der Waals surface area contributed by atoms with E-state index in [1.807, 2.05) is 18.5 Å². The standard InChI is InChI=1S/C21H23F2N5O3S/c1-4-28-13(3)15(11-25-28)16-8-9-24-21(27-16)32-12-19(29)26-14-6-7-17(31-20(22)23)18(10-14)30-5-2/h6-11,20H,4-5,12H2,1-3H3,(H,26,29). The molecular formula is C21H23F2N5O3S. The molecule has 32 heavy (non-hydrogen) atoms. The molecule has 0 aliphatic heterocycles. The zero-order valence-corrected chi connectivity index (χ0v) is 18.7. The predicted molar refractivity (Wildman–Crippen MR) is 117 cm³/mol. The Kier molecular flexibility index (Phi) is 7.98. The summed E-state index contributed by atoms with van der Waals surface area (Å²) in [4.78, 5) is 21.1. The van der Waals surface area contributed by atoms with Gasteiger partial charge in [-0.15, -0.1) is 0 Å². The number of anilines is 1. The van der Waals surface area contributed by atoms with Crippen LogP contribution in [-0.4, -0.2) is 44.6 Å². The molecule has 0 radical (unpaired) electrons. The highest BCUT2D eigenvalue weighted by Gasteiger charge is 2.14. The van der Waals surface area contributed by atoms with E-state index in [2.05, 4.69) is 25.1 Å². The number of nitrogens with zero attached hydrogens (tertiary/aromatic N) is 4. The van der Waals surface area contributed by atoms with Crippen LogP contribution in [0, 0.1) is 6.92 Å². The van der Waals surface area contributed by atoms with Crippen molar-refractivity contribution in [2.75, 3.05) is 17.7 Å². The molecule has 2 heterocycles. The second-order valence-corrected chi connectivity index (χ2v) is 7.44. The molecular weight excluding hydrogens is 440 g/mol. The fraction of sp³-hybridized carbons (Fsp3) is 0.333. The number of carbonyl (C=O) groups excluding carboxylic acids is 1. The summed E-state index contributed by atoms with van der Waals surface area (Å²) in [7, 11) is 0. The summed E-state index contributed by atoms with van der Waals surface area (Å²) in [6.07, 6.45) is 3.40. The molecule has 0 unspecified atom stereocenters. The Morgan fingerprint density at radius 1 is 1.25 bits per heavy atom. The Bertz CT molecular complexity index is 1080. The number of nitrogens with one attached hydrogen (secondary N) is 1. The van der Waals surface area contributed by atoms with Crippen molar-refractivity contribution >= 4 is 23.4 Å². The number of aromatic nitrogens is 4. The maximum atomic E-state index is 12.5. The molecule has 1 aromatic carbocycles. The number of carbonyl (C=O) groups is 1. The summed E-state index contributed by atoms with van der Waals surface area (Å²) in [5, 5.41) is 7.49. The van der Waals surface area contributed by atoms with Crippen molar-refractivity contribution in [1.82, 2.24) is 19.7 Å². The van der Waals surface area contributed by atoms with Crippen LogP contribution in [0.4, 0.5) is 14.5 Å². The summed E-state index contributed by atoms with van der Waals surface area (Å²) >= 11 is 1.18. The highest BCUT2D eigenvalue weighted by Crippen LogP contribution is 2.32. The van der Waals surface area contributed by atoms with Crippen LogP contribution >= 0.6 is 11.8 Å². The molecule has 3 aromatic rings. The minimum atomic E-state index is -2.97. The van der Waals surface area contributed by atoms with Gasteiger partial charge in [0.05, 0.1) is 24.3 Å². The zero-order valence-electron chi connectivity index (χ0n) is 17.8. The Balaban J connectivity index is 1.64. The Hall–Kier alpha value is -3.21. The van der Waals surface area contributed by atoms with E-state index in [0.717, 1.165) is 23.5 Å². The number of hydrogen-bond acceptors (Lipinski definition) is 7. The van der Waals surface area contributed by atoms with Crippen molar-refractivity contribution < 1.29 is 23.0 Å². The Morgan fingerprint density at radius 2 is 2.06 bits per heavy atom. The van der Waals surface area contributed by atoms with Crippen LogP contribution in [0.25, 0.3) is 11.3 Å². The molecule has 0 aliphatic rings. The average Bonchev–Trinajstić information content (AvgIpc) is 3.14. The maximum Gasteiger partial charge on any atom is 0.387 e. The molecule has 0 saturated heterocycles. The van der Waals surface area contributed by atoms with E-state index in [0.29, 0.717) is 10.8 Å². The summed E-state index contributed by atoms with van der Waals surface area (Å²) in [5.41, 5.74) is 3.05. The molecule has 1 amide bonds. The van der Waals surface area contributed by atoms with Crippen molar-refractivity contribution in [3.05, 3.63) is 42.4 Å². The number of aryl methyl sites for hydroxylation is 1. The van der Waals surface area contributed by atoms with E-state index in [1.165, 1.54) is 30.0 Å². The Morgan fingerprint density at radius 3 is 2.75 bits per heavy atom. The molecule has 0 fully saturated rings. The minimum absolute atomic E-state index is 0.0654. The van der Waals surface area contributed by atoms with Crippen molar-refractivity contribution in [2.45, 2.75) is 39.1 Å². The van der Waals surface area contributed by atoms with Crippen molar-refractivity contribution in [2.24, 2.45) is 0 Å². The molecule has 0 aliphatic carbocycles. The summed E-state index contributed by atoms with van der Waals surface area (Å²) in [5.74, 6) is -0.210. The normalized spacial score (nSPS) is 10.9. The molecule has 1 N–H and O–H groups in total. The smallest absolute Gasteiger partial charge is 0.387 e. The number of halogens is 2. The van der Waals surface area contributed by atoms with Crippen LogP contribution in [0.1, 0.15) is 19.5 Å². The number of rotatable bonds is 10. The molecule has 8 nitrogen and oxygen atoms in total. The lowest BCUT2D eigenvalue weighted by atomic mass is 10.2. The fourth-order valence-electron chi connectivity index (χ4n) is 2.95. The lowest BCUT2D eigenvalue weighted by Gasteiger charge is -2.13. The van der Waals surface area contributed by atoms with Gasteiger partial charge in [-0.3, -0.25) is 9.48 Å². The largest absolute Gasteiger partial charge is 0.490 e. The van der Waals surface area contributed by atoms with Crippen molar-refractivity contribution in [3.63, 3.8) is 0 Å².